The second-order valence-electron chi connectivity index (χ2n) is 3.81. The molecular weight excluding hydrogens is 319 g/mol. The first kappa shape index (κ1) is 14.0. The third-order valence-corrected chi connectivity index (χ3v) is 3.20. The molecule has 17 heavy (non-hydrogen) atoms. The normalized spacial score (nSPS) is 9.12. The van der Waals surface area contributed by atoms with Crippen LogP contribution >= 0.6 is 22.6 Å². The van der Waals surface area contributed by atoms with E-state index in [4.69, 9.17) is 0 Å². The summed E-state index contributed by atoms with van der Waals surface area (Å²) in [7, 11) is 0. The molecule has 0 amide bonds. The lowest BCUT2D eigenvalue weighted by atomic mass is 10.0. The first-order valence-corrected chi connectivity index (χ1v) is 6.62. The van der Waals surface area contributed by atoms with Gasteiger partial charge in [0.2, 0.25) is 0 Å². The van der Waals surface area contributed by atoms with Gasteiger partial charge in [-0.25, -0.2) is 0 Å². The van der Waals surface area contributed by atoms with Crippen molar-refractivity contribution in [2.24, 2.45) is 0 Å². The van der Waals surface area contributed by atoms with Crippen molar-refractivity contribution in [3.8, 4) is 0 Å². The monoisotopic (exact) mass is 336 g/mol. The number of hydrogen-bond donors (Lipinski definition) is 0. The zero-order chi connectivity index (χ0) is 12.7. The van der Waals surface area contributed by atoms with Crippen molar-refractivity contribution in [1.29, 1.82) is 0 Å². The van der Waals surface area contributed by atoms with Crippen LogP contribution in [0.2, 0.25) is 0 Å². The maximum absolute atomic E-state index is 3.75. The van der Waals surface area contributed by atoms with Crippen molar-refractivity contribution in [3.63, 3.8) is 0 Å². The quantitative estimate of drug-likeness (QED) is 0.625. The highest BCUT2D eigenvalue weighted by molar-refractivity contribution is 14.1. The number of rotatable bonds is 1. The van der Waals surface area contributed by atoms with Crippen LogP contribution < -0.4 is 0 Å². The Morgan fingerprint density at radius 3 is 1.71 bits per heavy atom. The second kappa shape index (κ2) is 7.28. The fourth-order valence-electron chi connectivity index (χ4n) is 1.56. The molecule has 0 heterocycles. The summed E-state index contributed by atoms with van der Waals surface area (Å²) in [4.78, 5) is 0. The molecule has 0 unspecified atom stereocenters. The average molecular weight is 336 g/mol. The lowest BCUT2D eigenvalue weighted by molar-refractivity contribution is 1.36. The van der Waals surface area contributed by atoms with Gasteiger partial charge in [-0.2, -0.15) is 0 Å². The van der Waals surface area contributed by atoms with Gasteiger partial charge in [-0.15, -0.1) is 0 Å². The predicted molar refractivity (Wildman–Crippen MR) is 85.2 cm³/mol. The van der Waals surface area contributed by atoms with Crippen molar-refractivity contribution in [2.75, 3.05) is 0 Å². The van der Waals surface area contributed by atoms with Gasteiger partial charge in [0, 0.05) is 3.57 Å². The van der Waals surface area contributed by atoms with E-state index in [2.05, 4.69) is 73.3 Å². The summed E-state index contributed by atoms with van der Waals surface area (Å²) in [5.41, 5.74) is 3.87. The van der Waals surface area contributed by atoms with E-state index in [9.17, 15) is 0 Å². The van der Waals surface area contributed by atoms with Crippen LogP contribution in [0.4, 0.5) is 0 Å². The second-order valence-corrected chi connectivity index (χ2v) is 5.05. The Morgan fingerprint density at radius 2 is 1.41 bits per heavy atom. The molecule has 2 rings (SSSR count). The van der Waals surface area contributed by atoms with Crippen LogP contribution in [-0.2, 0) is 0 Å². The molecule has 0 bridgehead atoms. The minimum atomic E-state index is 1.27. The Bertz CT molecular complexity index is 452. The summed E-state index contributed by atoms with van der Waals surface area (Å²) in [5, 5.41) is 0. The molecule has 0 saturated heterocycles. The average Bonchev–Trinajstić information content (AvgIpc) is 2.31. The van der Waals surface area contributed by atoms with Gasteiger partial charge < -0.3 is 0 Å². The van der Waals surface area contributed by atoms with Crippen molar-refractivity contribution in [3.05, 3.63) is 75.4 Å². The zero-order valence-corrected chi connectivity index (χ0v) is 12.4. The summed E-state index contributed by atoms with van der Waals surface area (Å²) in [6, 6.07) is 16.5. The number of halogens is 1. The minimum Gasteiger partial charge on any atom is -0.0985 e. The summed E-state index contributed by atoms with van der Waals surface area (Å²) >= 11 is 2.28. The van der Waals surface area contributed by atoms with Crippen molar-refractivity contribution >= 4 is 28.7 Å². The fraction of sp³-hybridized carbons (Fsp3) is 0.125. The first-order chi connectivity index (χ1) is 8.15. The molecule has 0 aliphatic carbocycles. The highest BCUT2D eigenvalue weighted by Gasteiger charge is 1.94. The highest BCUT2D eigenvalue weighted by atomic mass is 127. The van der Waals surface area contributed by atoms with Crippen LogP contribution in [0.25, 0.3) is 6.08 Å². The minimum absolute atomic E-state index is 1.27. The zero-order valence-electron chi connectivity index (χ0n) is 10.3. The molecule has 88 valence electrons. The maximum Gasteiger partial charge on any atom is 0.0130 e. The van der Waals surface area contributed by atoms with Gasteiger partial charge >= 0.3 is 0 Å². The molecule has 0 N–H and O–H groups in total. The molecular formula is C16H17I. The van der Waals surface area contributed by atoms with E-state index in [0.29, 0.717) is 0 Å². The molecule has 0 aliphatic rings. The summed E-state index contributed by atoms with van der Waals surface area (Å²) < 4.78 is 1.29. The molecule has 2 aromatic rings. The van der Waals surface area contributed by atoms with E-state index in [1.807, 2.05) is 24.3 Å². The molecule has 0 aliphatic heterocycles. The van der Waals surface area contributed by atoms with Gasteiger partial charge in [0.15, 0.2) is 0 Å². The highest BCUT2D eigenvalue weighted by Crippen LogP contribution is 2.13. The summed E-state index contributed by atoms with van der Waals surface area (Å²) in [5.74, 6) is 0. The first-order valence-electron chi connectivity index (χ1n) is 5.54. The van der Waals surface area contributed by atoms with Gasteiger partial charge in [-0.1, -0.05) is 49.1 Å². The summed E-state index contributed by atoms with van der Waals surface area (Å²) in [6.07, 6.45) is 1.91. The lowest BCUT2D eigenvalue weighted by Crippen LogP contribution is -1.83. The molecule has 0 spiro atoms. The Balaban J connectivity index is 0.000000181. The van der Waals surface area contributed by atoms with Crippen LogP contribution in [-0.4, -0.2) is 0 Å². The third kappa shape index (κ3) is 4.73. The Morgan fingerprint density at radius 1 is 0.882 bits per heavy atom. The van der Waals surface area contributed by atoms with Crippen LogP contribution in [0, 0.1) is 17.4 Å². The van der Waals surface area contributed by atoms with E-state index in [1.165, 1.54) is 20.3 Å². The van der Waals surface area contributed by atoms with Crippen molar-refractivity contribution in [1.82, 2.24) is 0 Å². The van der Waals surface area contributed by atoms with E-state index in [-0.39, 0.29) is 0 Å². The smallest absolute Gasteiger partial charge is 0.0130 e. The molecule has 0 nitrogen and oxygen atoms in total. The predicted octanol–water partition coefficient (Wildman–Crippen LogP) is 5.24. The van der Waals surface area contributed by atoms with E-state index in [0.717, 1.165) is 0 Å². The van der Waals surface area contributed by atoms with Gasteiger partial charge in [0.05, 0.1) is 0 Å². The van der Waals surface area contributed by atoms with Crippen molar-refractivity contribution in [2.45, 2.75) is 13.8 Å². The number of benzene rings is 2. The fourth-order valence-corrected chi connectivity index (χ4v) is 1.98. The lowest BCUT2D eigenvalue weighted by Gasteiger charge is -2.02. The molecule has 2 aromatic carbocycles. The molecule has 0 radical (unpaired) electrons. The van der Waals surface area contributed by atoms with Gasteiger partial charge in [-0.05, 0) is 65.3 Å². The van der Waals surface area contributed by atoms with E-state index in [1.54, 1.807) is 0 Å². The molecule has 0 atom stereocenters. The Labute approximate surface area is 118 Å². The standard InChI is InChI=1S/C10H12.C6H5I/c1-4-10-8(2)6-5-7-9(10)3;7-6-4-2-1-3-5-6/h4-7H,1H2,2-3H3;1-5H. The van der Waals surface area contributed by atoms with Crippen LogP contribution in [0.15, 0.2) is 55.1 Å². The number of aryl methyl sites for hydroxylation is 2. The van der Waals surface area contributed by atoms with Crippen LogP contribution in [0.1, 0.15) is 16.7 Å². The van der Waals surface area contributed by atoms with Crippen LogP contribution in [0.5, 0.6) is 0 Å². The van der Waals surface area contributed by atoms with Gasteiger partial charge in [-0.3, -0.25) is 0 Å². The van der Waals surface area contributed by atoms with Crippen molar-refractivity contribution < 1.29 is 0 Å². The van der Waals surface area contributed by atoms with Gasteiger partial charge in [0.1, 0.15) is 0 Å². The van der Waals surface area contributed by atoms with Crippen LogP contribution in [0.3, 0.4) is 0 Å². The van der Waals surface area contributed by atoms with E-state index >= 15 is 0 Å². The number of hydrogen-bond acceptors (Lipinski definition) is 0. The SMILES string of the molecule is C=Cc1c(C)cccc1C.Ic1ccccc1. The Kier molecular flexibility index (Phi) is 5.98. The van der Waals surface area contributed by atoms with Gasteiger partial charge in [0.25, 0.3) is 0 Å². The molecule has 1 heteroatoms. The molecule has 0 fully saturated rings. The third-order valence-electron chi connectivity index (χ3n) is 2.48. The molecule has 0 aromatic heterocycles. The maximum atomic E-state index is 3.75. The topological polar surface area (TPSA) is 0 Å². The Hall–Kier alpha value is -1.09. The molecule has 0 saturated carbocycles. The largest absolute Gasteiger partial charge is 0.0985 e. The van der Waals surface area contributed by atoms with E-state index < -0.39 is 0 Å². The summed E-state index contributed by atoms with van der Waals surface area (Å²) in [6.45, 7) is 7.96.